The minimum Gasteiger partial charge on any atom is -0.454 e. The summed E-state index contributed by atoms with van der Waals surface area (Å²) < 4.78 is 102. The van der Waals surface area contributed by atoms with Gasteiger partial charge >= 0.3 is 12.4 Å². The highest BCUT2D eigenvalue weighted by Crippen LogP contribution is 2.45. The summed E-state index contributed by atoms with van der Waals surface area (Å²) in [5.74, 6) is 0. The molecule has 47 heavy (non-hydrogen) atoms. The first kappa shape index (κ1) is 28.9. The van der Waals surface area contributed by atoms with Gasteiger partial charge in [0.05, 0.1) is 27.9 Å². The molecule has 0 fully saturated rings. The molecule has 4 aromatic heterocycles. The zero-order chi connectivity index (χ0) is 32.9. The topological polar surface area (TPSA) is 61.9 Å². The summed E-state index contributed by atoms with van der Waals surface area (Å²) in [5.41, 5.74) is -3.61. The summed E-state index contributed by atoms with van der Waals surface area (Å²) in [6.45, 7) is 2.50. The number of furan rings is 2. The van der Waals surface area contributed by atoms with E-state index in [0.717, 1.165) is 32.5 Å². The molecule has 0 atom stereocenters. The van der Waals surface area contributed by atoms with E-state index < -0.39 is 40.3 Å². The molecule has 12 heteroatoms. The quantitative estimate of drug-likeness (QED) is 0.179. The normalized spacial score (nSPS) is 13.1. The van der Waals surface area contributed by atoms with E-state index in [2.05, 4.69) is 10.2 Å². The van der Waals surface area contributed by atoms with Crippen molar-refractivity contribution in [2.45, 2.75) is 31.6 Å². The van der Waals surface area contributed by atoms with Crippen LogP contribution in [0.5, 0.6) is 0 Å². The lowest BCUT2D eigenvalue weighted by Crippen LogP contribution is -2.27. The van der Waals surface area contributed by atoms with Gasteiger partial charge in [-0.05, 0) is 38.1 Å². The number of hydrogen-bond acceptors (Lipinski definition) is 4. The number of hydrogen-bond donors (Lipinski definition) is 0. The monoisotopic (exact) mass is 644 g/mol. The second-order valence-corrected chi connectivity index (χ2v) is 11.8. The van der Waals surface area contributed by atoms with Gasteiger partial charge in [0.25, 0.3) is 0 Å². The zero-order valence-corrected chi connectivity index (χ0v) is 24.6. The lowest BCUT2D eigenvalue weighted by atomic mass is 9.81. The van der Waals surface area contributed by atoms with E-state index in [0.29, 0.717) is 21.9 Å². The molecule has 8 rings (SSSR count). The van der Waals surface area contributed by atoms with Crippen molar-refractivity contribution in [1.29, 1.82) is 0 Å². The molecule has 0 aliphatic heterocycles. The standard InChI is InChI=1S/C35H22F6N4O2/c1-33(2,31-23(34(36,37)38)17-44(42-31)25-13-7-11-21-19-9-3-5-15-27(19)46-29(21)25)32-24(35(39,40)41)18-45(43-32)26-14-8-12-22-20-10-4-6-16-28(20)47-30(22)26/h3-18H,1-2H3. The van der Waals surface area contributed by atoms with E-state index in [-0.39, 0.29) is 22.5 Å². The van der Waals surface area contributed by atoms with E-state index in [1.807, 2.05) is 24.3 Å². The third kappa shape index (κ3) is 4.42. The average molecular weight is 645 g/mol. The van der Waals surface area contributed by atoms with Crippen LogP contribution in [0, 0.1) is 0 Å². The lowest BCUT2D eigenvalue weighted by Gasteiger charge is -2.24. The summed E-state index contributed by atoms with van der Waals surface area (Å²) in [4.78, 5) is 0. The van der Waals surface area contributed by atoms with Crippen molar-refractivity contribution in [1.82, 2.24) is 19.6 Å². The predicted molar refractivity (Wildman–Crippen MR) is 164 cm³/mol. The van der Waals surface area contributed by atoms with Crippen molar-refractivity contribution in [2.75, 3.05) is 0 Å². The second-order valence-electron chi connectivity index (χ2n) is 11.8. The van der Waals surface area contributed by atoms with Crippen LogP contribution in [0.3, 0.4) is 0 Å². The van der Waals surface area contributed by atoms with Gasteiger partial charge in [0, 0.05) is 33.9 Å². The van der Waals surface area contributed by atoms with E-state index >= 15 is 0 Å². The van der Waals surface area contributed by atoms with Gasteiger partial charge in [-0.2, -0.15) is 36.5 Å². The Kier molecular flexibility index (Phi) is 5.99. The molecular formula is C35H22F6N4O2. The molecule has 236 valence electrons. The lowest BCUT2D eigenvalue weighted by molar-refractivity contribution is -0.139. The number of alkyl halides is 6. The molecule has 6 nitrogen and oxygen atoms in total. The number of aromatic nitrogens is 4. The summed E-state index contributed by atoms with van der Waals surface area (Å²) in [7, 11) is 0. The molecule has 0 radical (unpaired) electrons. The van der Waals surface area contributed by atoms with E-state index in [9.17, 15) is 26.3 Å². The number of fused-ring (bicyclic) bond motifs is 6. The van der Waals surface area contributed by atoms with Crippen LogP contribution in [0.1, 0.15) is 36.4 Å². The fourth-order valence-electron chi connectivity index (χ4n) is 6.27. The van der Waals surface area contributed by atoms with E-state index in [4.69, 9.17) is 8.83 Å². The Balaban J connectivity index is 1.33. The average Bonchev–Trinajstić information content (AvgIpc) is 3.82. The number of benzene rings is 4. The van der Waals surface area contributed by atoms with Crippen LogP contribution in [0.2, 0.25) is 0 Å². The van der Waals surface area contributed by atoms with Crippen LogP contribution in [0.15, 0.2) is 106 Å². The summed E-state index contributed by atoms with van der Waals surface area (Å²) in [5, 5.41) is 11.4. The molecule has 0 aliphatic rings. The maximum atomic E-state index is 14.6. The fourth-order valence-corrected chi connectivity index (χ4v) is 6.27. The fraction of sp³-hybridized carbons (Fsp3) is 0.143. The van der Waals surface area contributed by atoms with E-state index in [1.165, 1.54) is 13.8 Å². The van der Waals surface area contributed by atoms with Crippen LogP contribution < -0.4 is 0 Å². The second kappa shape index (κ2) is 9.74. The minimum atomic E-state index is -4.95. The van der Waals surface area contributed by atoms with Crippen molar-refractivity contribution >= 4 is 43.9 Å². The zero-order valence-electron chi connectivity index (χ0n) is 24.6. The highest BCUT2D eigenvalue weighted by atomic mass is 19.4. The molecule has 4 heterocycles. The van der Waals surface area contributed by atoms with Crippen molar-refractivity contribution in [2.24, 2.45) is 0 Å². The summed E-state index contributed by atoms with van der Waals surface area (Å²) in [6, 6.07) is 24.2. The Labute approximate surface area is 261 Å². The molecular weight excluding hydrogens is 622 g/mol. The Bertz CT molecular complexity index is 2320. The van der Waals surface area contributed by atoms with Crippen LogP contribution in [-0.2, 0) is 17.8 Å². The molecule has 0 aliphatic carbocycles. The van der Waals surface area contributed by atoms with Gasteiger partial charge < -0.3 is 8.83 Å². The Morgan fingerprint density at radius 3 is 1.30 bits per heavy atom. The molecule has 0 saturated heterocycles. The van der Waals surface area contributed by atoms with Gasteiger partial charge in [0.1, 0.15) is 22.5 Å². The minimum absolute atomic E-state index is 0.199. The first-order valence-electron chi connectivity index (χ1n) is 14.5. The Morgan fingerprint density at radius 2 is 0.894 bits per heavy atom. The molecule has 0 unspecified atom stereocenters. The molecule has 0 saturated carbocycles. The first-order valence-corrected chi connectivity index (χ1v) is 14.5. The van der Waals surface area contributed by atoms with Gasteiger partial charge in [-0.3, -0.25) is 0 Å². The Hall–Kier alpha value is -5.52. The number of rotatable bonds is 4. The third-order valence-corrected chi connectivity index (χ3v) is 8.48. The number of para-hydroxylation sites is 4. The highest BCUT2D eigenvalue weighted by molar-refractivity contribution is 6.08. The summed E-state index contributed by atoms with van der Waals surface area (Å²) in [6.07, 6.45) is -8.35. The molecule has 0 N–H and O–H groups in total. The van der Waals surface area contributed by atoms with Crippen molar-refractivity contribution < 1.29 is 35.2 Å². The van der Waals surface area contributed by atoms with Crippen LogP contribution in [0.25, 0.3) is 55.3 Å². The highest BCUT2D eigenvalue weighted by Gasteiger charge is 2.47. The van der Waals surface area contributed by atoms with Crippen LogP contribution >= 0.6 is 0 Å². The SMILES string of the molecule is CC(C)(c1nn(-c2cccc3c2oc2ccccc23)cc1C(F)(F)F)c1nn(-c2cccc3c2oc2ccccc23)cc1C(F)(F)F. The van der Waals surface area contributed by atoms with Crippen LogP contribution in [0.4, 0.5) is 26.3 Å². The van der Waals surface area contributed by atoms with Gasteiger partial charge in [-0.25, -0.2) is 9.36 Å². The maximum absolute atomic E-state index is 14.6. The van der Waals surface area contributed by atoms with Crippen LogP contribution in [-0.4, -0.2) is 19.6 Å². The molecule has 4 aromatic carbocycles. The Morgan fingerprint density at radius 1 is 0.511 bits per heavy atom. The molecule has 0 spiro atoms. The molecule has 8 aromatic rings. The molecule has 0 amide bonds. The third-order valence-electron chi connectivity index (χ3n) is 8.48. The van der Waals surface area contributed by atoms with Gasteiger partial charge in [0.15, 0.2) is 11.2 Å². The maximum Gasteiger partial charge on any atom is 0.419 e. The van der Waals surface area contributed by atoms with E-state index in [1.54, 1.807) is 60.7 Å². The smallest absolute Gasteiger partial charge is 0.419 e. The number of halogens is 6. The van der Waals surface area contributed by atoms with Crippen molar-refractivity contribution in [3.8, 4) is 11.4 Å². The largest absolute Gasteiger partial charge is 0.454 e. The van der Waals surface area contributed by atoms with Gasteiger partial charge in [-0.15, -0.1) is 0 Å². The number of nitrogens with zero attached hydrogens (tertiary/aromatic N) is 4. The van der Waals surface area contributed by atoms with Gasteiger partial charge in [0.2, 0.25) is 0 Å². The van der Waals surface area contributed by atoms with Crippen molar-refractivity contribution in [3.63, 3.8) is 0 Å². The van der Waals surface area contributed by atoms with Gasteiger partial charge in [-0.1, -0.05) is 60.7 Å². The predicted octanol–water partition coefficient (Wildman–Crippen LogP) is 10.2. The first-order chi connectivity index (χ1) is 22.3. The van der Waals surface area contributed by atoms with Crippen molar-refractivity contribution in [3.05, 3.63) is 120 Å². The summed E-state index contributed by atoms with van der Waals surface area (Å²) >= 11 is 0. The molecule has 0 bridgehead atoms.